The molecule has 2 heterocycles. The lowest BCUT2D eigenvalue weighted by molar-refractivity contribution is 0.143. The van der Waals surface area contributed by atoms with Gasteiger partial charge in [-0.15, -0.1) is 0 Å². The number of anilines is 2. The largest absolute Gasteiger partial charge is 0.442 e. The zero-order valence-electron chi connectivity index (χ0n) is 15.0. The van der Waals surface area contributed by atoms with Crippen LogP contribution in [0.5, 0.6) is 0 Å². The van der Waals surface area contributed by atoms with Crippen LogP contribution in [0.4, 0.5) is 16.2 Å². The van der Waals surface area contributed by atoms with Crippen molar-refractivity contribution in [2.24, 2.45) is 5.92 Å². The van der Waals surface area contributed by atoms with Crippen molar-refractivity contribution in [3.8, 4) is 0 Å². The predicted molar refractivity (Wildman–Crippen MR) is 107 cm³/mol. The van der Waals surface area contributed by atoms with Crippen LogP contribution in [0.25, 0.3) is 4.85 Å². The Bertz CT molecular complexity index is 692. The van der Waals surface area contributed by atoms with Crippen molar-refractivity contribution in [3.63, 3.8) is 0 Å². The van der Waals surface area contributed by atoms with Crippen LogP contribution in [0.2, 0.25) is 0 Å². The van der Waals surface area contributed by atoms with Crippen molar-refractivity contribution in [1.29, 1.82) is 0 Å². The summed E-state index contributed by atoms with van der Waals surface area (Å²) in [4.78, 5) is 20.4. The fourth-order valence-electron chi connectivity index (χ4n) is 3.44. The molecule has 3 rings (SSSR count). The summed E-state index contributed by atoms with van der Waals surface area (Å²) >= 11 is 5.00. The SMILES string of the molecule is [C-]#[N+]CC1CCN(c2ccc(N3C[C@H](CNC(C)=S)OC3=O)cc2)CC1. The monoisotopic (exact) mass is 372 g/mol. The van der Waals surface area contributed by atoms with Crippen LogP contribution in [0, 0.1) is 12.5 Å². The van der Waals surface area contributed by atoms with Gasteiger partial charge in [0.25, 0.3) is 0 Å². The summed E-state index contributed by atoms with van der Waals surface area (Å²) in [5, 5.41) is 3.05. The van der Waals surface area contributed by atoms with Gasteiger partial charge in [-0.25, -0.2) is 11.4 Å². The third-order valence-electron chi connectivity index (χ3n) is 4.94. The number of hydrogen-bond acceptors (Lipinski definition) is 4. The van der Waals surface area contributed by atoms with Crippen molar-refractivity contribution < 1.29 is 9.53 Å². The second kappa shape index (κ2) is 8.37. The highest BCUT2D eigenvalue weighted by atomic mass is 32.1. The summed E-state index contributed by atoms with van der Waals surface area (Å²) < 4.78 is 5.39. The Morgan fingerprint density at radius 3 is 2.58 bits per heavy atom. The maximum atomic E-state index is 12.1. The fourth-order valence-corrected chi connectivity index (χ4v) is 3.53. The average Bonchev–Trinajstić information content (AvgIpc) is 3.02. The van der Waals surface area contributed by atoms with E-state index in [9.17, 15) is 4.79 Å². The molecule has 0 aliphatic carbocycles. The standard InChI is InChI=1S/C19H24N4O2S/c1-14(26)21-12-18-13-23(19(24)25-18)17-5-3-16(4-6-17)22-9-7-15(8-10-22)11-20-2/h3-6,15,18H,7-13H2,1H3,(H,21,26)/t18-/m0/s1. The van der Waals surface area contributed by atoms with E-state index in [0.29, 0.717) is 30.5 Å². The van der Waals surface area contributed by atoms with E-state index in [1.807, 2.05) is 19.1 Å². The Hall–Kier alpha value is -2.33. The molecule has 0 aromatic heterocycles. The highest BCUT2D eigenvalue weighted by Gasteiger charge is 2.32. The highest BCUT2D eigenvalue weighted by Crippen LogP contribution is 2.27. The second-order valence-corrected chi connectivity index (χ2v) is 7.45. The number of carbonyl (C=O) groups excluding carboxylic acids is 1. The van der Waals surface area contributed by atoms with Crippen molar-refractivity contribution in [2.75, 3.05) is 42.5 Å². The molecule has 0 saturated carbocycles. The summed E-state index contributed by atoms with van der Waals surface area (Å²) in [6.07, 6.45) is 1.63. The minimum Gasteiger partial charge on any atom is -0.442 e. The van der Waals surface area contributed by atoms with Crippen molar-refractivity contribution in [3.05, 3.63) is 35.7 Å². The topological polar surface area (TPSA) is 49.2 Å². The van der Waals surface area contributed by atoms with Crippen LogP contribution < -0.4 is 15.1 Å². The Balaban J connectivity index is 1.57. The number of carbonyl (C=O) groups is 1. The molecule has 1 aromatic rings. The molecule has 7 heteroatoms. The first kappa shape index (κ1) is 18.5. The van der Waals surface area contributed by atoms with E-state index < -0.39 is 0 Å². The summed E-state index contributed by atoms with van der Waals surface area (Å²) in [6, 6.07) is 8.07. The first-order chi connectivity index (χ1) is 12.6. The molecule has 0 spiro atoms. The van der Waals surface area contributed by atoms with Gasteiger partial charge in [-0.05, 0) is 44.0 Å². The van der Waals surface area contributed by atoms with E-state index in [0.717, 1.165) is 37.3 Å². The van der Waals surface area contributed by atoms with Gasteiger partial charge < -0.3 is 19.8 Å². The van der Waals surface area contributed by atoms with Crippen molar-refractivity contribution in [2.45, 2.75) is 25.9 Å². The number of nitrogens with one attached hydrogen (secondary N) is 1. The molecule has 0 bridgehead atoms. The van der Waals surface area contributed by atoms with Crippen LogP contribution in [0.15, 0.2) is 24.3 Å². The van der Waals surface area contributed by atoms with Gasteiger partial charge in [-0.3, -0.25) is 4.90 Å². The zero-order valence-corrected chi connectivity index (χ0v) is 15.8. The highest BCUT2D eigenvalue weighted by molar-refractivity contribution is 7.80. The molecule has 0 radical (unpaired) electrons. The van der Waals surface area contributed by atoms with E-state index in [-0.39, 0.29) is 12.2 Å². The maximum absolute atomic E-state index is 12.1. The van der Waals surface area contributed by atoms with Gasteiger partial charge in [0, 0.05) is 30.4 Å². The van der Waals surface area contributed by atoms with E-state index in [1.165, 1.54) is 0 Å². The molecule has 0 unspecified atom stereocenters. The third-order valence-corrected chi connectivity index (χ3v) is 5.09. The van der Waals surface area contributed by atoms with Gasteiger partial charge in [-0.1, -0.05) is 12.2 Å². The van der Waals surface area contributed by atoms with Crippen molar-refractivity contribution in [1.82, 2.24) is 5.32 Å². The molecule has 1 N–H and O–H groups in total. The molecular weight excluding hydrogens is 348 g/mol. The van der Waals surface area contributed by atoms with Gasteiger partial charge in [0.2, 0.25) is 6.54 Å². The minimum atomic E-state index is -0.313. The van der Waals surface area contributed by atoms with Gasteiger partial charge in [0.15, 0.2) is 0 Å². The summed E-state index contributed by atoms with van der Waals surface area (Å²) in [5.74, 6) is 0.531. The molecule has 1 aromatic carbocycles. The summed E-state index contributed by atoms with van der Waals surface area (Å²) in [5.41, 5.74) is 2.01. The number of piperidine rings is 1. The predicted octanol–water partition coefficient (Wildman–Crippen LogP) is 3.08. The molecule has 2 fully saturated rings. The van der Waals surface area contributed by atoms with Gasteiger partial charge >= 0.3 is 6.09 Å². The molecule has 1 amide bonds. The molecule has 26 heavy (non-hydrogen) atoms. The minimum absolute atomic E-state index is 0.193. The molecule has 1 atom stereocenters. The number of cyclic esters (lactones) is 1. The van der Waals surface area contributed by atoms with Crippen molar-refractivity contribution >= 4 is 34.7 Å². The van der Waals surface area contributed by atoms with Crippen LogP contribution in [0.3, 0.4) is 0 Å². The van der Waals surface area contributed by atoms with E-state index in [2.05, 4.69) is 27.2 Å². The lowest BCUT2D eigenvalue weighted by atomic mass is 9.96. The van der Waals surface area contributed by atoms with Crippen LogP contribution in [0.1, 0.15) is 19.8 Å². The molecular formula is C19H24N4O2S. The Morgan fingerprint density at radius 2 is 1.96 bits per heavy atom. The smallest absolute Gasteiger partial charge is 0.414 e. The fraction of sp³-hybridized carbons (Fsp3) is 0.526. The van der Waals surface area contributed by atoms with E-state index in [1.54, 1.807) is 4.90 Å². The van der Waals surface area contributed by atoms with E-state index in [4.69, 9.17) is 23.5 Å². The van der Waals surface area contributed by atoms with Crippen LogP contribution >= 0.6 is 12.2 Å². The summed E-state index contributed by atoms with van der Waals surface area (Å²) in [7, 11) is 0. The molecule has 2 aliphatic heterocycles. The molecule has 2 saturated heterocycles. The Kier molecular flexibility index (Phi) is 5.94. The first-order valence-corrected chi connectivity index (χ1v) is 9.38. The van der Waals surface area contributed by atoms with Crippen LogP contribution in [-0.2, 0) is 4.74 Å². The summed E-state index contributed by atoms with van der Waals surface area (Å²) in [6.45, 7) is 12.5. The number of hydrogen-bond donors (Lipinski definition) is 1. The number of amides is 1. The quantitative estimate of drug-likeness (QED) is 0.636. The molecule has 138 valence electrons. The van der Waals surface area contributed by atoms with Gasteiger partial charge in [0.1, 0.15) is 6.10 Å². The number of nitrogens with zero attached hydrogens (tertiary/aromatic N) is 3. The average molecular weight is 372 g/mol. The maximum Gasteiger partial charge on any atom is 0.414 e. The molecule has 2 aliphatic rings. The molecule has 6 nitrogen and oxygen atoms in total. The number of rotatable bonds is 5. The normalized spacial score (nSPS) is 20.6. The zero-order chi connectivity index (χ0) is 18.5. The Morgan fingerprint density at radius 1 is 1.31 bits per heavy atom. The Labute approximate surface area is 159 Å². The number of benzene rings is 1. The van der Waals surface area contributed by atoms with E-state index >= 15 is 0 Å². The second-order valence-electron chi connectivity index (χ2n) is 6.84. The van der Waals surface area contributed by atoms with Gasteiger partial charge in [0.05, 0.1) is 18.1 Å². The number of ether oxygens (including phenoxy) is 1. The van der Waals surface area contributed by atoms with Crippen LogP contribution in [-0.4, -0.2) is 49.9 Å². The third kappa shape index (κ3) is 4.44. The number of thiocarbonyl (C=S) groups is 1. The lowest BCUT2D eigenvalue weighted by Crippen LogP contribution is -2.34. The van der Waals surface area contributed by atoms with Gasteiger partial charge in [-0.2, -0.15) is 0 Å². The first-order valence-electron chi connectivity index (χ1n) is 8.97. The lowest BCUT2D eigenvalue weighted by Gasteiger charge is -2.32.